The molecule has 2 unspecified atom stereocenters. The molecule has 0 saturated carbocycles. The third-order valence-electron chi connectivity index (χ3n) is 3.61. The predicted octanol–water partition coefficient (Wildman–Crippen LogP) is 3.01. The van der Waals surface area contributed by atoms with Crippen molar-refractivity contribution >= 4 is 27.6 Å². The van der Waals surface area contributed by atoms with Crippen molar-refractivity contribution in [3.05, 3.63) is 28.2 Å². The first-order valence-corrected chi connectivity index (χ1v) is 7.01. The van der Waals surface area contributed by atoms with E-state index in [1.807, 2.05) is 13.0 Å². The molecule has 1 aliphatic rings. The molecule has 1 aromatic rings. The van der Waals surface area contributed by atoms with Gasteiger partial charge in [0.2, 0.25) is 0 Å². The molecule has 5 heteroatoms. The fourth-order valence-electron chi connectivity index (χ4n) is 2.56. The zero-order valence-electron chi connectivity index (χ0n) is 10.6. The normalized spacial score (nSPS) is 22.9. The summed E-state index contributed by atoms with van der Waals surface area (Å²) in [5.74, 6) is -0.950. The largest absolute Gasteiger partial charge is 0.481 e. The lowest BCUT2D eigenvalue weighted by molar-refractivity contribution is -0.142. The van der Waals surface area contributed by atoms with Gasteiger partial charge in [-0.3, -0.25) is 4.79 Å². The molecule has 1 fully saturated rings. The van der Waals surface area contributed by atoms with Crippen molar-refractivity contribution in [2.45, 2.75) is 25.8 Å². The number of aliphatic carboxylic acids is 1. The average molecular weight is 323 g/mol. The van der Waals surface area contributed by atoms with Crippen molar-refractivity contribution in [2.24, 2.45) is 5.92 Å². The van der Waals surface area contributed by atoms with Gasteiger partial charge in [-0.25, -0.2) is 0 Å². The van der Waals surface area contributed by atoms with E-state index in [-0.39, 0.29) is 12.0 Å². The van der Waals surface area contributed by atoms with Crippen molar-refractivity contribution < 1.29 is 9.90 Å². The third-order valence-corrected chi connectivity index (χ3v) is 4.25. The van der Waals surface area contributed by atoms with Crippen LogP contribution in [0.4, 0.5) is 5.69 Å². The quantitative estimate of drug-likeness (QED) is 0.909. The molecule has 1 N–H and O–H groups in total. The Morgan fingerprint density at radius 2 is 2.32 bits per heavy atom. The number of hydrogen-bond donors (Lipinski definition) is 1. The monoisotopic (exact) mass is 322 g/mol. The number of anilines is 1. The number of carboxylic acids is 1. The maximum Gasteiger partial charge on any atom is 0.306 e. The summed E-state index contributed by atoms with van der Waals surface area (Å²) in [5, 5.41) is 17.9. The molecule has 2 atom stereocenters. The summed E-state index contributed by atoms with van der Waals surface area (Å²) in [6, 6.07) is 7.79. The van der Waals surface area contributed by atoms with Crippen LogP contribution in [-0.4, -0.2) is 23.7 Å². The van der Waals surface area contributed by atoms with Crippen molar-refractivity contribution in [1.82, 2.24) is 0 Å². The van der Waals surface area contributed by atoms with Crippen LogP contribution in [0, 0.1) is 17.2 Å². The molecule has 0 radical (unpaired) electrons. The first kappa shape index (κ1) is 13.9. The standard InChI is InChI=1S/C14H15BrN2O2/c1-9-6-11(14(18)19)4-5-17(9)13-3-2-10(8-16)7-12(13)15/h2-3,7,9,11H,4-6H2,1H3,(H,18,19). The van der Waals surface area contributed by atoms with Crippen LogP contribution in [-0.2, 0) is 4.79 Å². The van der Waals surface area contributed by atoms with Crippen LogP contribution >= 0.6 is 15.9 Å². The zero-order valence-corrected chi connectivity index (χ0v) is 12.2. The van der Waals surface area contributed by atoms with E-state index >= 15 is 0 Å². The van der Waals surface area contributed by atoms with E-state index in [1.165, 1.54) is 0 Å². The van der Waals surface area contributed by atoms with E-state index in [0.717, 1.165) is 16.7 Å². The number of halogens is 1. The number of nitriles is 1. The smallest absolute Gasteiger partial charge is 0.306 e. The molecule has 2 rings (SSSR count). The van der Waals surface area contributed by atoms with Gasteiger partial charge in [-0.2, -0.15) is 5.26 Å². The van der Waals surface area contributed by atoms with E-state index in [9.17, 15) is 4.79 Å². The Morgan fingerprint density at radius 3 is 2.84 bits per heavy atom. The summed E-state index contributed by atoms with van der Waals surface area (Å²) in [6.07, 6.45) is 1.31. The van der Waals surface area contributed by atoms with Crippen LogP contribution in [0.2, 0.25) is 0 Å². The van der Waals surface area contributed by atoms with Gasteiger partial charge in [0, 0.05) is 17.1 Å². The molecule has 0 spiro atoms. The van der Waals surface area contributed by atoms with Crippen LogP contribution in [0.25, 0.3) is 0 Å². The zero-order chi connectivity index (χ0) is 14.0. The Morgan fingerprint density at radius 1 is 1.58 bits per heavy atom. The highest BCUT2D eigenvalue weighted by Gasteiger charge is 2.30. The Hall–Kier alpha value is -1.54. The van der Waals surface area contributed by atoms with Gasteiger partial charge in [0.25, 0.3) is 0 Å². The number of nitrogens with zero attached hydrogens (tertiary/aromatic N) is 2. The minimum Gasteiger partial charge on any atom is -0.481 e. The number of hydrogen-bond acceptors (Lipinski definition) is 3. The molecular formula is C14H15BrN2O2. The molecule has 100 valence electrons. The summed E-state index contributed by atoms with van der Waals surface area (Å²) in [4.78, 5) is 13.2. The molecule has 4 nitrogen and oxygen atoms in total. The first-order valence-electron chi connectivity index (χ1n) is 6.22. The van der Waals surface area contributed by atoms with Crippen LogP contribution < -0.4 is 4.90 Å². The highest BCUT2D eigenvalue weighted by Crippen LogP contribution is 2.33. The van der Waals surface area contributed by atoms with E-state index in [2.05, 4.69) is 26.9 Å². The number of piperidine rings is 1. The third kappa shape index (κ3) is 2.90. The molecule has 1 aliphatic heterocycles. The molecule has 19 heavy (non-hydrogen) atoms. The fourth-order valence-corrected chi connectivity index (χ4v) is 3.17. The molecule has 0 aliphatic carbocycles. The van der Waals surface area contributed by atoms with E-state index in [1.54, 1.807) is 12.1 Å². The van der Waals surface area contributed by atoms with Crippen molar-refractivity contribution in [3.63, 3.8) is 0 Å². The minimum atomic E-state index is -0.703. The lowest BCUT2D eigenvalue weighted by Crippen LogP contribution is -2.43. The molecule has 1 aromatic carbocycles. The number of rotatable bonds is 2. The average Bonchev–Trinajstić information content (AvgIpc) is 2.39. The van der Waals surface area contributed by atoms with Crippen LogP contribution in [0.3, 0.4) is 0 Å². The van der Waals surface area contributed by atoms with E-state index < -0.39 is 5.97 Å². The maximum absolute atomic E-state index is 11.0. The summed E-state index contributed by atoms with van der Waals surface area (Å²) >= 11 is 3.49. The summed E-state index contributed by atoms with van der Waals surface area (Å²) in [5.41, 5.74) is 1.64. The highest BCUT2D eigenvalue weighted by atomic mass is 79.9. The lowest BCUT2D eigenvalue weighted by Gasteiger charge is -2.38. The van der Waals surface area contributed by atoms with Gasteiger partial charge in [-0.05, 0) is 53.9 Å². The topological polar surface area (TPSA) is 64.3 Å². The summed E-state index contributed by atoms with van der Waals surface area (Å²) < 4.78 is 0.882. The van der Waals surface area contributed by atoms with Crippen LogP contribution in [0.5, 0.6) is 0 Å². The van der Waals surface area contributed by atoms with Crippen molar-refractivity contribution in [2.75, 3.05) is 11.4 Å². The summed E-state index contributed by atoms with van der Waals surface area (Å²) in [7, 11) is 0. The van der Waals surface area contributed by atoms with Gasteiger partial charge in [0.1, 0.15) is 0 Å². The number of benzene rings is 1. The Balaban J connectivity index is 2.20. The SMILES string of the molecule is CC1CC(C(=O)O)CCN1c1ccc(C#N)cc1Br. The molecule has 0 bridgehead atoms. The minimum absolute atomic E-state index is 0.180. The fraction of sp³-hybridized carbons (Fsp3) is 0.429. The summed E-state index contributed by atoms with van der Waals surface area (Å²) in [6.45, 7) is 2.77. The Kier molecular flexibility index (Phi) is 4.11. The molecule has 1 saturated heterocycles. The molecule has 0 aromatic heterocycles. The van der Waals surface area contributed by atoms with E-state index in [4.69, 9.17) is 10.4 Å². The van der Waals surface area contributed by atoms with Crippen molar-refractivity contribution in [3.8, 4) is 6.07 Å². The predicted molar refractivity (Wildman–Crippen MR) is 76.0 cm³/mol. The first-order chi connectivity index (χ1) is 9.02. The number of carboxylic acid groups (broad SMARTS) is 1. The van der Waals surface area contributed by atoms with Gasteiger partial charge in [0.05, 0.1) is 23.2 Å². The van der Waals surface area contributed by atoms with Gasteiger partial charge in [-0.15, -0.1) is 0 Å². The van der Waals surface area contributed by atoms with Gasteiger partial charge >= 0.3 is 5.97 Å². The molecule has 1 heterocycles. The second kappa shape index (κ2) is 5.62. The second-order valence-corrected chi connectivity index (χ2v) is 5.73. The number of carbonyl (C=O) groups is 1. The highest BCUT2D eigenvalue weighted by molar-refractivity contribution is 9.10. The van der Waals surface area contributed by atoms with Gasteiger partial charge < -0.3 is 10.0 Å². The van der Waals surface area contributed by atoms with Gasteiger partial charge in [0.15, 0.2) is 0 Å². The lowest BCUT2D eigenvalue weighted by atomic mass is 9.91. The van der Waals surface area contributed by atoms with Gasteiger partial charge in [-0.1, -0.05) is 0 Å². The molecule has 0 amide bonds. The van der Waals surface area contributed by atoms with Crippen molar-refractivity contribution in [1.29, 1.82) is 5.26 Å². The van der Waals surface area contributed by atoms with Crippen LogP contribution in [0.1, 0.15) is 25.3 Å². The van der Waals surface area contributed by atoms with Crippen LogP contribution in [0.15, 0.2) is 22.7 Å². The van der Waals surface area contributed by atoms with E-state index in [0.29, 0.717) is 18.4 Å². The molecular weight excluding hydrogens is 308 g/mol. The second-order valence-electron chi connectivity index (χ2n) is 4.88. The maximum atomic E-state index is 11.0. The Bertz CT molecular complexity index is 539. The Labute approximate surface area is 120 Å².